The minimum atomic E-state index is -8.69. The van der Waals surface area contributed by atoms with E-state index in [0.29, 0.717) is 16.7 Å². The standard InChI is InChI=1S/C36H45F17O6Si/c1-9-57-26(54)19-22(6)18-23(7)28(56-8)27(55)24-10-12-25(13-11-24)58-15-16-59-60(20(2)3,21(4)5)17-14-29(37,38)30(39,40)31(41,42)32(43,44)33(45,46)34(47,48)35(49,50)36(51,52)53/h10-13,18-21,27-28,55H,9,14-17H2,1-8H3/b22-19+,23-18+/t27-,28-/m0/s1. The summed E-state index contributed by atoms with van der Waals surface area (Å²) in [5.74, 6) is -57.2. The number of aliphatic hydroxyl groups is 1. The molecule has 0 aliphatic heterocycles. The molecule has 1 rings (SSSR count). The van der Waals surface area contributed by atoms with E-state index < -0.39 is 111 Å². The van der Waals surface area contributed by atoms with Crippen molar-refractivity contribution < 1.29 is 103 Å². The Morgan fingerprint density at radius 2 is 1.15 bits per heavy atom. The predicted octanol–water partition coefficient (Wildman–Crippen LogP) is 11.8. The van der Waals surface area contributed by atoms with Gasteiger partial charge in [-0.05, 0) is 66.7 Å². The molecule has 0 aliphatic carbocycles. The number of hydrogen-bond acceptors (Lipinski definition) is 6. The lowest BCUT2D eigenvalue weighted by molar-refractivity contribution is -0.461. The van der Waals surface area contributed by atoms with Crippen LogP contribution < -0.4 is 4.74 Å². The van der Waals surface area contributed by atoms with Gasteiger partial charge in [0.15, 0.2) is 8.32 Å². The zero-order valence-corrected chi connectivity index (χ0v) is 34.2. The maximum atomic E-state index is 14.9. The molecule has 2 atom stereocenters. The molecule has 0 saturated heterocycles. The lowest BCUT2D eigenvalue weighted by atomic mass is 9.88. The first-order valence-electron chi connectivity index (χ1n) is 17.7. The summed E-state index contributed by atoms with van der Waals surface area (Å²) in [6.45, 7) is 9.43. The number of benzene rings is 1. The van der Waals surface area contributed by atoms with E-state index in [9.17, 15) is 84.5 Å². The van der Waals surface area contributed by atoms with Crippen molar-refractivity contribution >= 4 is 14.3 Å². The van der Waals surface area contributed by atoms with Crippen molar-refractivity contribution in [1.82, 2.24) is 0 Å². The van der Waals surface area contributed by atoms with E-state index in [2.05, 4.69) is 0 Å². The average Bonchev–Trinajstić information content (AvgIpc) is 3.10. The molecule has 60 heavy (non-hydrogen) atoms. The Kier molecular flexibility index (Phi) is 17.8. The van der Waals surface area contributed by atoms with Crippen LogP contribution in [0.2, 0.25) is 17.1 Å². The highest BCUT2D eigenvalue weighted by Gasteiger charge is 2.95. The van der Waals surface area contributed by atoms with Gasteiger partial charge >= 0.3 is 53.6 Å². The number of allylic oxidation sites excluding steroid dienone is 2. The smallest absolute Gasteiger partial charge is 0.460 e. The van der Waals surface area contributed by atoms with Crippen LogP contribution >= 0.6 is 0 Å². The monoisotopic (exact) mass is 924 g/mol. The molecule has 0 aromatic heterocycles. The molecule has 0 heterocycles. The number of alkyl halides is 17. The van der Waals surface area contributed by atoms with Gasteiger partial charge in [0.1, 0.15) is 24.6 Å². The van der Waals surface area contributed by atoms with Crippen LogP contribution in [0.4, 0.5) is 74.6 Å². The van der Waals surface area contributed by atoms with Gasteiger partial charge in [0.05, 0.1) is 13.2 Å². The van der Waals surface area contributed by atoms with E-state index in [4.69, 9.17) is 18.6 Å². The van der Waals surface area contributed by atoms with E-state index >= 15 is 0 Å². The number of methoxy groups -OCH3 is 1. The Balaban J connectivity index is 3.24. The number of aliphatic hydroxyl groups excluding tert-OH is 1. The molecule has 1 aromatic rings. The van der Waals surface area contributed by atoms with Crippen molar-refractivity contribution in [2.24, 2.45) is 0 Å². The topological polar surface area (TPSA) is 74.2 Å². The number of carbonyl (C=O) groups is 1. The summed E-state index contributed by atoms with van der Waals surface area (Å²) in [7, 11) is -2.64. The maximum Gasteiger partial charge on any atom is 0.460 e. The van der Waals surface area contributed by atoms with Gasteiger partial charge in [-0.1, -0.05) is 45.9 Å². The highest BCUT2D eigenvalue weighted by Crippen LogP contribution is 2.64. The Hall–Kier alpha value is -3.12. The fraction of sp³-hybridized carbons (Fsp3) is 0.694. The quantitative estimate of drug-likeness (QED) is 0.0294. The molecule has 1 aromatic carbocycles. The van der Waals surface area contributed by atoms with Crippen LogP contribution in [0.3, 0.4) is 0 Å². The van der Waals surface area contributed by atoms with Crippen LogP contribution in [0.25, 0.3) is 0 Å². The number of halogens is 17. The van der Waals surface area contributed by atoms with Gasteiger partial charge < -0.3 is 23.7 Å². The van der Waals surface area contributed by atoms with Crippen LogP contribution in [-0.4, -0.2) is 100 Å². The van der Waals surface area contributed by atoms with Gasteiger partial charge in [-0.3, -0.25) is 0 Å². The van der Waals surface area contributed by atoms with Crippen molar-refractivity contribution in [2.75, 3.05) is 26.9 Å². The van der Waals surface area contributed by atoms with Crippen molar-refractivity contribution in [3.05, 3.63) is 53.1 Å². The van der Waals surface area contributed by atoms with E-state index in [1.165, 1.54) is 65.1 Å². The maximum absolute atomic E-state index is 14.9. The fourth-order valence-electron chi connectivity index (χ4n) is 6.10. The highest BCUT2D eigenvalue weighted by atomic mass is 28.4. The van der Waals surface area contributed by atoms with E-state index in [1.54, 1.807) is 26.8 Å². The van der Waals surface area contributed by atoms with Crippen LogP contribution in [-0.2, 0) is 18.7 Å². The summed E-state index contributed by atoms with van der Waals surface area (Å²) in [5.41, 5.74) is -0.383. The lowest BCUT2D eigenvalue weighted by Gasteiger charge is -2.44. The van der Waals surface area contributed by atoms with Gasteiger partial charge in [0.25, 0.3) is 0 Å². The Bertz CT molecular complexity index is 1620. The molecule has 0 radical (unpaired) electrons. The summed E-state index contributed by atoms with van der Waals surface area (Å²) >= 11 is 0. The highest BCUT2D eigenvalue weighted by molar-refractivity contribution is 6.76. The van der Waals surface area contributed by atoms with Crippen LogP contribution in [0.5, 0.6) is 5.75 Å². The van der Waals surface area contributed by atoms with Crippen molar-refractivity contribution in [3.63, 3.8) is 0 Å². The first-order valence-corrected chi connectivity index (χ1v) is 20.0. The molecule has 0 aliphatic rings. The molecular weight excluding hydrogens is 879 g/mol. The van der Waals surface area contributed by atoms with E-state index in [1.807, 2.05) is 0 Å². The number of ether oxygens (including phenoxy) is 3. The average molecular weight is 925 g/mol. The van der Waals surface area contributed by atoms with Crippen molar-refractivity contribution in [1.29, 1.82) is 0 Å². The number of esters is 1. The normalized spacial score (nSPS) is 16.1. The number of hydrogen-bond donors (Lipinski definition) is 1. The van der Waals surface area contributed by atoms with Crippen molar-refractivity contribution in [3.8, 4) is 5.75 Å². The SMILES string of the molecule is CCOC(=O)/C=C(C)/C=C(\C)[C@H](OC)[C@@H](O)c1ccc(OCCO[Si](CCC(F)(F)C(F)(F)C(F)(F)C(F)(F)C(F)(F)C(F)(F)C(F)(F)C(F)(F)F)(C(C)C)C(C)C)cc1. The lowest BCUT2D eigenvalue weighted by Crippen LogP contribution is -2.74. The molecule has 0 saturated carbocycles. The molecule has 0 amide bonds. The Morgan fingerprint density at radius 3 is 1.57 bits per heavy atom. The third-order valence-electron chi connectivity index (χ3n) is 9.59. The third kappa shape index (κ3) is 10.7. The number of rotatable bonds is 23. The summed E-state index contributed by atoms with van der Waals surface area (Å²) < 4.78 is 256. The molecular formula is C36H45F17O6Si. The molecule has 1 N–H and O–H groups in total. The van der Waals surface area contributed by atoms with Gasteiger partial charge in [0, 0.05) is 19.6 Å². The molecule has 0 bridgehead atoms. The first kappa shape index (κ1) is 54.9. The minimum absolute atomic E-state index is 0.134. The summed E-state index contributed by atoms with van der Waals surface area (Å²) in [6, 6.07) is 4.32. The Morgan fingerprint density at radius 1 is 0.700 bits per heavy atom. The second-order valence-electron chi connectivity index (χ2n) is 14.3. The summed E-state index contributed by atoms with van der Waals surface area (Å²) in [4.78, 5) is 11.7. The molecule has 0 unspecified atom stereocenters. The molecule has 0 fully saturated rings. The van der Waals surface area contributed by atoms with Gasteiger partial charge in [0.2, 0.25) is 0 Å². The zero-order chi connectivity index (χ0) is 47.3. The molecule has 24 heteroatoms. The van der Waals surface area contributed by atoms with Gasteiger partial charge in [-0.2, -0.15) is 74.6 Å². The fourth-order valence-corrected chi connectivity index (χ4v) is 10.6. The Labute approximate surface area is 335 Å². The van der Waals surface area contributed by atoms with E-state index in [-0.39, 0.29) is 12.4 Å². The largest absolute Gasteiger partial charge is 0.491 e. The number of carbonyl (C=O) groups excluding carboxylic acids is 1. The third-order valence-corrected chi connectivity index (χ3v) is 15.3. The molecule has 6 nitrogen and oxygen atoms in total. The molecule has 0 spiro atoms. The van der Waals surface area contributed by atoms with Crippen molar-refractivity contribution in [2.45, 2.75) is 132 Å². The van der Waals surface area contributed by atoms with Gasteiger partial charge in [-0.25, -0.2) is 4.79 Å². The predicted molar refractivity (Wildman–Crippen MR) is 184 cm³/mol. The van der Waals surface area contributed by atoms with Gasteiger partial charge in [-0.15, -0.1) is 0 Å². The van der Waals surface area contributed by atoms with Crippen LogP contribution in [0.15, 0.2) is 47.6 Å². The van der Waals surface area contributed by atoms with E-state index in [0.717, 1.165) is 0 Å². The summed E-state index contributed by atoms with van der Waals surface area (Å²) in [6.07, 6.45) is -9.68. The second kappa shape index (κ2) is 19.5. The van der Waals surface area contributed by atoms with Crippen LogP contribution in [0, 0.1) is 0 Å². The zero-order valence-electron chi connectivity index (χ0n) is 33.2. The van der Waals surface area contributed by atoms with Crippen LogP contribution in [0.1, 0.15) is 66.6 Å². The summed E-state index contributed by atoms with van der Waals surface area (Å²) in [5, 5.41) is 11.0. The minimum Gasteiger partial charge on any atom is -0.491 e. The second-order valence-corrected chi connectivity index (χ2v) is 19.3. The molecule has 348 valence electrons. The first-order chi connectivity index (χ1) is 26.9.